The summed E-state index contributed by atoms with van der Waals surface area (Å²) in [5.41, 5.74) is 6.51. The van der Waals surface area contributed by atoms with E-state index >= 15 is 0 Å². The predicted octanol–water partition coefficient (Wildman–Crippen LogP) is 6.68. The Hall–Kier alpha value is -3.22. The second kappa shape index (κ2) is 7.68. The molecule has 0 radical (unpaired) electrons. The van der Waals surface area contributed by atoms with Gasteiger partial charge in [-0.15, -0.1) is 11.3 Å². The van der Waals surface area contributed by atoms with Gasteiger partial charge in [0.05, 0.1) is 24.3 Å². The Kier molecular flexibility index (Phi) is 5.03. The maximum absolute atomic E-state index is 10.5. The van der Waals surface area contributed by atoms with E-state index in [0.29, 0.717) is 17.3 Å². The van der Waals surface area contributed by atoms with Crippen LogP contribution in [-0.4, -0.2) is 22.9 Å². The van der Waals surface area contributed by atoms with Gasteiger partial charge in [0.25, 0.3) is 0 Å². The van der Waals surface area contributed by atoms with E-state index in [0.717, 1.165) is 44.0 Å². The highest BCUT2D eigenvalue weighted by molar-refractivity contribution is 7.11. The summed E-state index contributed by atoms with van der Waals surface area (Å²) in [6, 6.07) is 9.42. The third-order valence-corrected chi connectivity index (χ3v) is 6.99. The van der Waals surface area contributed by atoms with Crippen LogP contribution in [-0.2, 0) is 0 Å². The molecule has 1 unspecified atom stereocenters. The van der Waals surface area contributed by atoms with E-state index in [4.69, 9.17) is 9.47 Å². The van der Waals surface area contributed by atoms with Crippen molar-refractivity contribution < 1.29 is 19.7 Å². The van der Waals surface area contributed by atoms with E-state index in [1.54, 1.807) is 37.5 Å². The van der Waals surface area contributed by atoms with Crippen molar-refractivity contribution in [2.24, 2.45) is 0 Å². The quantitative estimate of drug-likeness (QED) is 0.406. The molecule has 1 aromatic heterocycles. The molecule has 33 heavy (non-hydrogen) atoms. The van der Waals surface area contributed by atoms with Crippen LogP contribution in [0.1, 0.15) is 55.4 Å². The Balaban J connectivity index is 1.83. The first-order valence-electron chi connectivity index (χ1n) is 10.9. The van der Waals surface area contributed by atoms with Gasteiger partial charge < -0.3 is 25.0 Å². The molecule has 3 heterocycles. The number of hydrogen-bond acceptors (Lipinski definition) is 6. The number of ether oxygens (including phenoxy) is 2. The van der Waals surface area contributed by atoms with Crippen molar-refractivity contribution in [3.8, 4) is 28.4 Å². The molecule has 0 bridgehead atoms. The monoisotopic (exact) mass is 461 g/mol. The van der Waals surface area contributed by atoms with Crippen LogP contribution in [0.5, 0.6) is 17.2 Å². The van der Waals surface area contributed by atoms with Crippen LogP contribution in [0, 0.1) is 0 Å². The van der Waals surface area contributed by atoms with Crippen molar-refractivity contribution in [2.45, 2.75) is 39.3 Å². The average molecular weight is 462 g/mol. The number of aliphatic hydroxyl groups excluding tert-OH is 1. The predicted molar refractivity (Wildman–Crippen MR) is 135 cm³/mol. The highest BCUT2D eigenvalue weighted by atomic mass is 32.1. The van der Waals surface area contributed by atoms with Crippen molar-refractivity contribution in [3.05, 3.63) is 63.4 Å². The molecule has 0 saturated carbocycles. The van der Waals surface area contributed by atoms with Gasteiger partial charge in [0.2, 0.25) is 0 Å². The van der Waals surface area contributed by atoms with Crippen molar-refractivity contribution in [1.82, 2.24) is 0 Å². The number of hydrogen-bond donors (Lipinski definition) is 3. The first kappa shape index (κ1) is 21.6. The highest BCUT2D eigenvalue weighted by Crippen LogP contribution is 2.54. The number of benzene rings is 2. The Morgan fingerprint density at radius 2 is 1.91 bits per heavy atom. The molecule has 6 heteroatoms. The third-order valence-electron chi connectivity index (χ3n) is 6.11. The van der Waals surface area contributed by atoms with E-state index in [1.165, 1.54) is 0 Å². The number of phenolic OH excluding ortho intramolecular Hbond substituents is 1. The average Bonchev–Trinajstić information content (AvgIpc) is 3.21. The number of anilines is 1. The summed E-state index contributed by atoms with van der Waals surface area (Å²) in [6.45, 7) is 8.16. The molecule has 2 aliphatic heterocycles. The minimum Gasteiger partial charge on any atom is -0.504 e. The third kappa shape index (κ3) is 3.50. The molecule has 3 N–H and O–H groups in total. The fourth-order valence-corrected chi connectivity index (χ4v) is 5.77. The van der Waals surface area contributed by atoms with Crippen LogP contribution < -0.4 is 14.8 Å². The van der Waals surface area contributed by atoms with Crippen LogP contribution in [0.3, 0.4) is 0 Å². The minimum atomic E-state index is -0.579. The molecule has 5 rings (SSSR count). The number of methoxy groups -OCH3 is 1. The molecule has 0 fully saturated rings. The number of thiophene rings is 1. The zero-order valence-corrected chi connectivity index (χ0v) is 20.1. The van der Waals surface area contributed by atoms with Gasteiger partial charge in [-0.2, -0.15) is 0 Å². The van der Waals surface area contributed by atoms with Crippen molar-refractivity contribution in [3.63, 3.8) is 0 Å². The molecule has 3 aromatic rings. The van der Waals surface area contributed by atoms with Crippen molar-refractivity contribution in [2.75, 3.05) is 12.4 Å². The zero-order chi connectivity index (χ0) is 23.5. The molecule has 0 aliphatic carbocycles. The lowest BCUT2D eigenvalue weighted by molar-refractivity contribution is 0.199. The molecule has 1 atom stereocenters. The zero-order valence-electron chi connectivity index (χ0n) is 19.3. The SMILES string of the molecule is COc1c(O)ccc2c1-c1ccc3c(c1C(=Cc1sccc1C(C)O)O2)C(C)=CC(C)(C)N3. The Labute approximate surface area is 197 Å². The summed E-state index contributed by atoms with van der Waals surface area (Å²) in [7, 11) is 1.55. The molecule has 0 amide bonds. The van der Waals surface area contributed by atoms with Crippen molar-refractivity contribution in [1.29, 1.82) is 0 Å². The van der Waals surface area contributed by atoms with E-state index in [2.05, 4.69) is 44.3 Å². The summed E-state index contributed by atoms with van der Waals surface area (Å²) < 4.78 is 12.1. The first-order valence-corrected chi connectivity index (χ1v) is 11.8. The minimum absolute atomic E-state index is 0.0668. The van der Waals surface area contributed by atoms with E-state index in [1.807, 2.05) is 17.5 Å². The fraction of sp³-hybridized carbons (Fsp3) is 0.259. The summed E-state index contributed by atoms with van der Waals surface area (Å²) in [5.74, 6) is 1.77. The maximum atomic E-state index is 10.5. The van der Waals surface area contributed by atoms with Crippen LogP contribution in [0.4, 0.5) is 5.69 Å². The fourth-order valence-electron chi connectivity index (χ4n) is 4.86. The lowest BCUT2D eigenvalue weighted by atomic mass is 9.83. The van der Waals surface area contributed by atoms with E-state index < -0.39 is 6.10 Å². The van der Waals surface area contributed by atoms with Gasteiger partial charge >= 0.3 is 0 Å². The normalized spacial score (nSPS) is 17.8. The number of fused-ring (bicyclic) bond motifs is 5. The van der Waals surface area contributed by atoms with Gasteiger partial charge in [-0.25, -0.2) is 0 Å². The molecule has 5 nitrogen and oxygen atoms in total. The van der Waals surface area contributed by atoms with Crippen LogP contribution in [0.2, 0.25) is 0 Å². The lowest BCUT2D eigenvalue weighted by Gasteiger charge is -2.35. The van der Waals surface area contributed by atoms with Crippen LogP contribution >= 0.6 is 11.3 Å². The topological polar surface area (TPSA) is 71.0 Å². The molecule has 0 spiro atoms. The smallest absolute Gasteiger partial charge is 0.172 e. The number of aliphatic hydroxyl groups is 1. The summed E-state index contributed by atoms with van der Waals surface area (Å²) in [6.07, 6.45) is 3.64. The highest BCUT2D eigenvalue weighted by Gasteiger charge is 2.33. The number of nitrogens with one attached hydrogen (secondary N) is 1. The second-order valence-electron chi connectivity index (χ2n) is 9.10. The van der Waals surface area contributed by atoms with Gasteiger partial charge in [0.1, 0.15) is 11.5 Å². The van der Waals surface area contributed by atoms with E-state index in [9.17, 15) is 10.2 Å². The molecule has 170 valence electrons. The Bertz CT molecular complexity index is 1330. The summed E-state index contributed by atoms with van der Waals surface area (Å²) in [5, 5.41) is 26.3. The number of aromatic hydroxyl groups is 1. The van der Waals surface area contributed by atoms with Gasteiger partial charge in [-0.3, -0.25) is 0 Å². The first-order chi connectivity index (χ1) is 15.7. The van der Waals surface area contributed by atoms with Gasteiger partial charge in [-0.05, 0) is 74.6 Å². The Morgan fingerprint density at radius 3 is 2.64 bits per heavy atom. The molecule has 0 saturated heterocycles. The van der Waals surface area contributed by atoms with Crippen molar-refractivity contribution >= 4 is 34.4 Å². The van der Waals surface area contributed by atoms with Crippen LogP contribution in [0.15, 0.2) is 41.8 Å². The lowest BCUT2D eigenvalue weighted by Crippen LogP contribution is -2.32. The molecule has 2 aliphatic rings. The Morgan fingerprint density at radius 1 is 1.12 bits per heavy atom. The van der Waals surface area contributed by atoms with E-state index in [-0.39, 0.29) is 11.3 Å². The molecular formula is C27H27NO4S. The summed E-state index contributed by atoms with van der Waals surface area (Å²) in [4.78, 5) is 0.948. The number of allylic oxidation sites excluding steroid dienone is 1. The van der Waals surface area contributed by atoms with Gasteiger partial charge in [0.15, 0.2) is 11.5 Å². The standard InChI is InChI=1S/C27H27NO4S/c1-14-13-27(3,4)28-18-7-6-17-24(23(14)18)21(12-22-16(15(2)29)10-11-33-22)32-20-9-8-19(30)26(31-5)25(17)20/h6-13,15,28-30H,1-5H3. The largest absolute Gasteiger partial charge is 0.504 e. The summed E-state index contributed by atoms with van der Waals surface area (Å²) >= 11 is 1.56. The van der Waals surface area contributed by atoms with Gasteiger partial charge in [0, 0.05) is 27.3 Å². The van der Waals surface area contributed by atoms with Gasteiger partial charge in [-0.1, -0.05) is 12.1 Å². The van der Waals surface area contributed by atoms with Crippen LogP contribution in [0.25, 0.3) is 28.5 Å². The second-order valence-corrected chi connectivity index (χ2v) is 10.1. The maximum Gasteiger partial charge on any atom is 0.172 e. The number of phenols is 1. The molecule has 2 aromatic carbocycles. The molecular weight excluding hydrogens is 434 g/mol. The number of rotatable bonds is 3.